The van der Waals surface area contributed by atoms with Crippen LogP contribution in [-0.2, 0) is 0 Å². The van der Waals surface area contributed by atoms with Gasteiger partial charge in [-0.3, -0.25) is 0 Å². The summed E-state index contributed by atoms with van der Waals surface area (Å²) in [6, 6.07) is 0.487. The van der Waals surface area contributed by atoms with Crippen molar-refractivity contribution in [2.24, 2.45) is 23.5 Å². The van der Waals surface area contributed by atoms with Crippen molar-refractivity contribution < 1.29 is 0 Å². The Labute approximate surface area is 83.1 Å². The van der Waals surface area contributed by atoms with Crippen molar-refractivity contribution in [1.82, 2.24) is 0 Å². The second-order valence-corrected chi connectivity index (χ2v) is 4.82. The van der Waals surface area contributed by atoms with E-state index in [1.807, 2.05) is 0 Å². The average Bonchev–Trinajstić information content (AvgIpc) is 2.13. The smallest absolute Gasteiger partial charge is 0.00700 e. The molecule has 0 aromatic rings. The van der Waals surface area contributed by atoms with Gasteiger partial charge in [0.05, 0.1) is 0 Å². The number of hydrogen-bond acceptors (Lipinski definition) is 1. The number of rotatable bonds is 3. The van der Waals surface area contributed by atoms with Crippen LogP contribution >= 0.6 is 0 Å². The first kappa shape index (κ1) is 11.0. The fourth-order valence-electron chi connectivity index (χ4n) is 2.88. The van der Waals surface area contributed by atoms with Crippen molar-refractivity contribution in [3.05, 3.63) is 0 Å². The molecule has 0 amide bonds. The molecule has 3 unspecified atom stereocenters. The Kier molecular flexibility index (Phi) is 4.24. The summed E-state index contributed by atoms with van der Waals surface area (Å²) in [5.74, 6) is 2.59. The molecule has 0 radical (unpaired) electrons. The van der Waals surface area contributed by atoms with E-state index in [0.29, 0.717) is 6.04 Å². The largest absolute Gasteiger partial charge is 0.327 e. The van der Waals surface area contributed by atoms with Gasteiger partial charge in [-0.25, -0.2) is 0 Å². The fourth-order valence-corrected chi connectivity index (χ4v) is 2.88. The van der Waals surface area contributed by atoms with E-state index in [0.717, 1.165) is 17.8 Å². The number of nitrogens with two attached hydrogens (primary N) is 1. The van der Waals surface area contributed by atoms with E-state index in [9.17, 15) is 0 Å². The van der Waals surface area contributed by atoms with E-state index < -0.39 is 0 Å². The summed E-state index contributed by atoms with van der Waals surface area (Å²) in [5, 5.41) is 0. The summed E-state index contributed by atoms with van der Waals surface area (Å²) in [6.07, 6.45) is 6.58. The van der Waals surface area contributed by atoms with Crippen LogP contribution in [0.25, 0.3) is 0 Å². The van der Waals surface area contributed by atoms with Crippen LogP contribution in [0.1, 0.15) is 52.9 Å². The van der Waals surface area contributed by atoms with E-state index in [2.05, 4.69) is 20.8 Å². The summed E-state index contributed by atoms with van der Waals surface area (Å²) >= 11 is 0. The first-order valence-corrected chi connectivity index (χ1v) is 5.94. The molecule has 1 heteroatoms. The lowest BCUT2D eigenvalue weighted by Crippen LogP contribution is -2.39. The molecule has 0 aliphatic heterocycles. The third kappa shape index (κ3) is 2.70. The molecule has 1 aliphatic rings. The molecule has 0 heterocycles. The first-order chi connectivity index (χ1) is 6.19. The maximum atomic E-state index is 6.19. The molecule has 3 atom stereocenters. The highest BCUT2D eigenvalue weighted by Gasteiger charge is 2.30. The van der Waals surface area contributed by atoms with Gasteiger partial charge >= 0.3 is 0 Å². The molecular formula is C12H25N. The van der Waals surface area contributed by atoms with Crippen LogP contribution in [-0.4, -0.2) is 6.04 Å². The van der Waals surface area contributed by atoms with E-state index in [4.69, 9.17) is 5.73 Å². The molecule has 0 saturated heterocycles. The lowest BCUT2D eigenvalue weighted by atomic mass is 9.71. The molecule has 0 aromatic heterocycles. The second kappa shape index (κ2) is 4.99. The zero-order chi connectivity index (χ0) is 9.84. The maximum Gasteiger partial charge on any atom is 0.00700 e. The molecule has 1 fully saturated rings. The normalized spacial score (nSPS) is 35.3. The van der Waals surface area contributed by atoms with E-state index in [1.165, 1.54) is 32.1 Å². The Morgan fingerprint density at radius 2 is 1.85 bits per heavy atom. The molecule has 1 nitrogen and oxygen atoms in total. The van der Waals surface area contributed by atoms with Crippen LogP contribution in [0, 0.1) is 17.8 Å². The summed E-state index contributed by atoms with van der Waals surface area (Å²) in [6.45, 7) is 6.99. The van der Waals surface area contributed by atoms with Gasteiger partial charge in [-0.1, -0.05) is 33.6 Å². The molecular weight excluding hydrogens is 158 g/mol. The Morgan fingerprint density at radius 1 is 1.23 bits per heavy atom. The summed E-state index contributed by atoms with van der Waals surface area (Å²) < 4.78 is 0. The molecule has 0 bridgehead atoms. The predicted molar refractivity (Wildman–Crippen MR) is 58.6 cm³/mol. The standard InChI is InChI=1S/C12H25N/c1-4-10(5-2)11-8-9(3)6-7-12(11)13/h9-12H,4-8,13H2,1-3H3. The lowest BCUT2D eigenvalue weighted by molar-refractivity contribution is 0.167. The summed E-state index contributed by atoms with van der Waals surface area (Å²) in [5.41, 5.74) is 6.19. The maximum absolute atomic E-state index is 6.19. The van der Waals surface area contributed by atoms with Crippen molar-refractivity contribution in [3.8, 4) is 0 Å². The van der Waals surface area contributed by atoms with Crippen LogP contribution in [0.5, 0.6) is 0 Å². The highest BCUT2D eigenvalue weighted by molar-refractivity contribution is 4.84. The molecule has 1 rings (SSSR count). The summed E-state index contributed by atoms with van der Waals surface area (Å²) in [4.78, 5) is 0. The monoisotopic (exact) mass is 183 g/mol. The second-order valence-electron chi connectivity index (χ2n) is 4.82. The fraction of sp³-hybridized carbons (Fsp3) is 1.00. The topological polar surface area (TPSA) is 26.0 Å². The lowest BCUT2D eigenvalue weighted by Gasteiger charge is -2.37. The van der Waals surface area contributed by atoms with Crippen molar-refractivity contribution in [3.63, 3.8) is 0 Å². The third-order valence-corrected chi connectivity index (χ3v) is 3.87. The van der Waals surface area contributed by atoms with Crippen molar-refractivity contribution >= 4 is 0 Å². The Bertz CT molecular complexity index is 140. The SMILES string of the molecule is CCC(CC)C1CC(C)CCC1N. The van der Waals surface area contributed by atoms with E-state index in [1.54, 1.807) is 0 Å². The van der Waals surface area contributed by atoms with Crippen LogP contribution in [0.3, 0.4) is 0 Å². The predicted octanol–water partition coefficient (Wildman–Crippen LogP) is 3.19. The quantitative estimate of drug-likeness (QED) is 0.714. The molecule has 0 aromatic carbocycles. The minimum absolute atomic E-state index is 0.487. The van der Waals surface area contributed by atoms with Gasteiger partial charge in [-0.15, -0.1) is 0 Å². The molecule has 1 aliphatic carbocycles. The van der Waals surface area contributed by atoms with Gasteiger partial charge in [-0.2, -0.15) is 0 Å². The zero-order valence-corrected chi connectivity index (χ0v) is 9.42. The van der Waals surface area contributed by atoms with E-state index >= 15 is 0 Å². The molecule has 13 heavy (non-hydrogen) atoms. The van der Waals surface area contributed by atoms with E-state index in [-0.39, 0.29) is 0 Å². The average molecular weight is 183 g/mol. The Balaban J connectivity index is 2.53. The summed E-state index contributed by atoms with van der Waals surface area (Å²) in [7, 11) is 0. The highest BCUT2D eigenvalue weighted by atomic mass is 14.7. The van der Waals surface area contributed by atoms with Gasteiger partial charge in [0.2, 0.25) is 0 Å². The minimum atomic E-state index is 0.487. The van der Waals surface area contributed by atoms with Gasteiger partial charge in [0.25, 0.3) is 0 Å². The molecule has 2 N–H and O–H groups in total. The molecule has 0 spiro atoms. The van der Waals surface area contributed by atoms with Gasteiger partial charge in [0.1, 0.15) is 0 Å². The van der Waals surface area contributed by atoms with Crippen molar-refractivity contribution in [2.45, 2.75) is 58.9 Å². The Morgan fingerprint density at radius 3 is 2.38 bits per heavy atom. The highest BCUT2D eigenvalue weighted by Crippen LogP contribution is 2.35. The van der Waals surface area contributed by atoms with Crippen molar-refractivity contribution in [1.29, 1.82) is 0 Å². The van der Waals surface area contributed by atoms with Gasteiger partial charge in [-0.05, 0) is 37.0 Å². The van der Waals surface area contributed by atoms with Crippen LogP contribution in [0.4, 0.5) is 0 Å². The Hall–Kier alpha value is -0.0400. The van der Waals surface area contributed by atoms with Gasteiger partial charge in [0.15, 0.2) is 0 Å². The van der Waals surface area contributed by atoms with Gasteiger partial charge in [0, 0.05) is 6.04 Å². The number of hydrogen-bond donors (Lipinski definition) is 1. The molecule has 78 valence electrons. The van der Waals surface area contributed by atoms with Crippen LogP contribution in [0.15, 0.2) is 0 Å². The van der Waals surface area contributed by atoms with Gasteiger partial charge < -0.3 is 5.73 Å². The van der Waals surface area contributed by atoms with Crippen LogP contribution < -0.4 is 5.73 Å². The van der Waals surface area contributed by atoms with Crippen molar-refractivity contribution in [2.75, 3.05) is 0 Å². The minimum Gasteiger partial charge on any atom is -0.327 e. The first-order valence-electron chi connectivity index (χ1n) is 5.94. The third-order valence-electron chi connectivity index (χ3n) is 3.87. The van der Waals surface area contributed by atoms with Crippen LogP contribution in [0.2, 0.25) is 0 Å². The molecule has 1 saturated carbocycles. The zero-order valence-electron chi connectivity index (χ0n) is 9.42.